The Balaban J connectivity index is 2.46. The third-order valence-corrected chi connectivity index (χ3v) is 3.90. The van der Waals surface area contributed by atoms with Crippen molar-refractivity contribution in [3.63, 3.8) is 0 Å². The van der Waals surface area contributed by atoms with Crippen LogP contribution in [0.4, 0.5) is 0 Å². The van der Waals surface area contributed by atoms with Gasteiger partial charge in [0.1, 0.15) is 0 Å². The maximum atomic E-state index is 12.2. The number of ketones is 1. The van der Waals surface area contributed by atoms with Crippen LogP contribution in [0.15, 0.2) is 22.7 Å². The van der Waals surface area contributed by atoms with Crippen LogP contribution < -0.4 is 0 Å². The molecule has 1 atom stereocenters. The van der Waals surface area contributed by atoms with Crippen molar-refractivity contribution in [2.45, 2.75) is 27.2 Å². The predicted molar refractivity (Wildman–Crippen MR) is 65.1 cm³/mol. The molecule has 1 nitrogen and oxygen atoms in total. The molecule has 15 heavy (non-hydrogen) atoms. The number of benzene rings is 1. The Labute approximate surface area is 99.0 Å². The van der Waals surface area contributed by atoms with Gasteiger partial charge in [0.15, 0.2) is 5.78 Å². The summed E-state index contributed by atoms with van der Waals surface area (Å²) >= 11 is 3.52. The van der Waals surface area contributed by atoms with E-state index in [1.807, 2.05) is 18.2 Å². The van der Waals surface area contributed by atoms with E-state index in [9.17, 15) is 4.79 Å². The van der Waals surface area contributed by atoms with Crippen molar-refractivity contribution in [2.24, 2.45) is 11.3 Å². The molecule has 0 N–H and O–H groups in total. The summed E-state index contributed by atoms with van der Waals surface area (Å²) in [6.45, 7) is 6.40. The minimum atomic E-state index is 0.0511. The third-order valence-electron chi connectivity index (χ3n) is 3.15. The van der Waals surface area contributed by atoms with Crippen LogP contribution in [-0.4, -0.2) is 5.78 Å². The van der Waals surface area contributed by atoms with Gasteiger partial charge in [-0.25, -0.2) is 0 Å². The third kappa shape index (κ3) is 1.76. The molecule has 80 valence electrons. The molecule has 1 aromatic rings. The van der Waals surface area contributed by atoms with Crippen molar-refractivity contribution in [1.29, 1.82) is 0 Å². The van der Waals surface area contributed by atoms with Gasteiger partial charge in [-0.2, -0.15) is 0 Å². The van der Waals surface area contributed by atoms with E-state index in [4.69, 9.17) is 0 Å². The summed E-state index contributed by atoms with van der Waals surface area (Å²) in [6, 6.07) is 5.89. The summed E-state index contributed by atoms with van der Waals surface area (Å²) in [5.41, 5.74) is 2.14. The summed E-state index contributed by atoms with van der Waals surface area (Å²) < 4.78 is 1.07. The van der Waals surface area contributed by atoms with Gasteiger partial charge >= 0.3 is 0 Å². The lowest BCUT2D eigenvalue weighted by Gasteiger charge is -2.25. The van der Waals surface area contributed by atoms with Crippen LogP contribution >= 0.6 is 15.9 Å². The SMILES string of the molecule is CC(C)(C)C1Cc2c(Br)cccc2C1=O. The average molecular weight is 267 g/mol. The van der Waals surface area contributed by atoms with Crippen LogP contribution in [0.3, 0.4) is 0 Å². The van der Waals surface area contributed by atoms with E-state index in [-0.39, 0.29) is 11.3 Å². The lowest BCUT2D eigenvalue weighted by Crippen LogP contribution is -2.25. The van der Waals surface area contributed by atoms with Gasteiger partial charge in [-0.1, -0.05) is 48.8 Å². The molecule has 1 aliphatic rings. The maximum absolute atomic E-state index is 12.2. The quantitative estimate of drug-likeness (QED) is 0.697. The number of Topliss-reactive ketones (excluding diaryl/α,β-unsaturated/α-hetero) is 1. The minimum absolute atomic E-state index is 0.0511. The number of hydrogen-bond donors (Lipinski definition) is 0. The van der Waals surface area contributed by atoms with Crippen molar-refractivity contribution in [2.75, 3.05) is 0 Å². The molecule has 0 fully saturated rings. The van der Waals surface area contributed by atoms with Gasteiger partial charge in [0.2, 0.25) is 0 Å². The van der Waals surface area contributed by atoms with Gasteiger partial charge < -0.3 is 0 Å². The predicted octanol–water partition coefficient (Wildman–Crippen LogP) is 3.85. The molecule has 1 unspecified atom stereocenters. The average Bonchev–Trinajstić information content (AvgIpc) is 2.45. The van der Waals surface area contributed by atoms with Gasteiger partial charge in [0, 0.05) is 16.0 Å². The standard InChI is InChI=1S/C13H15BrO/c1-13(2,3)10-7-9-8(12(10)15)5-4-6-11(9)14/h4-6,10H,7H2,1-3H3. The largest absolute Gasteiger partial charge is 0.294 e. The summed E-state index contributed by atoms with van der Waals surface area (Å²) in [6.07, 6.45) is 0.874. The Bertz CT molecular complexity index is 415. The molecule has 2 rings (SSSR count). The molecule has 0 saturated carbocycles. The Hall–Kier alpha value is -0.630. The molecule has 0 spiro atoms. The number of carbonyl (C=O) groups is 1. The fourth-order valence-corrected chi connectivity index (χ4v) is 2.71. The highest BCUT2D eigenvalue weighted by Gasteiger charge is 2.38. The summed E-state index contributed by atoms with van der Waals surface area (Å²) in [5, 5.41) is 0. The first-order chi connectivity index (χ1) is 6.91. The fraction of sp³-hybridized carbons (Fsp3) is 0.462. The first kappa shape index (κ1) is 10.9. The van der Waals surface area contributed by atoms with E-state index in [0.29, 0.717) is 5.78 Å². The highest BCUT2D eigenvalue weighted by molar-refractivity contribution is 9.10. The normalized spacial score (nSPS) is 20.5. The molecule has 0 bridgehead atoms. The van der Waals surface area contributed by atoms with E-state index >= 15 is 0 Å². The number of hydrogen-bond acceptors (Lipinski definition) is 1. The summed E-state index contributed by atoms with van der Waals surface area (Å²) in [5.74, 6) is 0.435. The van der Waals surface area contributed by atoms with Gasteiger partial charge in [-0.05, 0) is 23.5 Å². The molecule has 0 heterocycles. The number of rotatable bonds is 0. The summed E-state index contributed by atoms with van der Waals surface area (Å²) in [4.78, 5) is 12.2. The molecule has 0 amide bonds. The van der Waals surface area contributed by atoms with Crippen LogP contribution in [0.25, 0.3) is 0 Å². The van der Waals surface area contributed by atoms with Gasteiger partial charge in [-0.15, -0.1) is 0 Å². The molecule has 0 saturated heterocycles. The lowest BCUT2D eigenvalue weighted by molar-refractivity contribution is 0.0843. The molecule has 2 heteroatoms. The van der Waals surface area contributed by atoms with Crippen molar-refractivity contribution in [3.8, 4) is 0 Å². The van der Waals surface area contributed by atoms with E-state index in [1.54, 1.807) is 0 Å². The van der Waals surface area contributed by atoms with Gasteiger partial charge in [0.05, 0.1) is 0 Å². The highest BCUT2D eigenvalue weighted by atomic mass is 79.9. The maximum Gasteiger partial charge on any atom is 0.167 e. The molecular formula is C13H15BrO. The molecule has 0 aromatic heterocycles. The van der Waals surface area contributed by atoms with Gasteiger partial charge in [0.25, 0.3) is 0 Å². The van der Waals surface area contributed by atoms with E-state index in [0.717, 1.165) is 16.5 Å². The second-order valence-corrected chi connectivity index (χ2v) is 6.11. The van der Waals surface area contributed by atoms with Crippen LogP contribution in [-0.2, 0) is 6.42 Å². The summed E-state index contributed by atoms with van der Waals surface area (Å²) in [7, 11) is 0. The second-order valence-electron chi connectivity index (χ2n) is 5.25. The first-order valence-electron chi connectivity index (χ1n) is 5.23. The zero-order valence-corrected chi connectivity index (χ0v) is 10.9. The fourth-order valence-electron chi connectivity index (χ4n) is 2.18. The van der Waals surface area contributed by atoms with Crippen LogP contribution in [0.2, 0.25) is 0 Å². The van der Waals surface area contributed by atoms with E-state index < -0.39 is 0 Å². The zero-order valence-electron chi connectivity index (χ0n) is 9.30. The number of carbonyl (C=O) groups excluding carboxylic acids is 1. The molecule has 0 aliphatic heterocycles. The zero-order chi connectivity index (χ0) is 11.2. The topological polar surface area (TPSA) is 17.1 Å². The van der Waals surface area contributed by atoms with Crippen LogP contribution in [0, 0.1) is 11.3 Å². The molecular weight excluding hydrogens is 252 g/mol. The van der Waals surface area contributed by atoms with Gasteiger partial charge in [-0.3, -0.25) is 4.79 Å². The van der Waals surface area contributed by atoms with E-state index in [1.165, 1.54) is 5.56 Å². The van der Waals surface area contributed by atoms with Crippen molar-refractivity contribution >= 4 is 21.7 Å². The Morgan fingerprint density at radius 2 is 2.00 bits per heavy atom. The first-order valence-corrected chi connectivity index (χ1v) is 6.02. The Morgan fingerprint density at radius 1 is 1.33 bits per heavy atom. The van der Waals surface area contributed by atoms with Crippen molar-refractivity contribution in [1.82, 2.24) is 0 Å². The van der Waals surface area contributed by atoms with Crippen LogP contribution in [0.5, 0.6) is 0 Å². The Kier molecular flexibility index (Phi) is 2.50. The molecule has 1 aliphatic carbocycles. The second kappa shape index (κ2) is 3.44. The number of halogens is 1. The molecule has 0 radical (unpaired) electrons. The smallest absolute Gasteiger partial charge is 0.167 e. The number of fused-ring (bicyclic) bond motifs is 1. The molecule has 1 aromatic carbocycles. The van der Waals surface area contributed by atoms with E-state index in [2.05, 4.69) is 36.7 Å². The van der Waals surface area contributed by atoms with Crippen molar-refractivity contribution < 1.29 is 4.79 Å². The highest BCUT2D eigenvalue weighted by Crippen LogP contribution is 2.40. The monoisotopic (exact) mass is 266 g/mol. The minimum Gasteiger partial charge on any atom is -0.294 e. The Morgan fingerprint density at radius 3 is 2.53 bits per heavy atom. The van der Waals surface area contributed by atoms with Crippen LogP contribution in [0.1, 0.15) is 36.7 Å². The lowest BCUT2D eigenvalue weighted by atomic mass is 9.78. The van der Waals surface area contributed by atoms with Crippen molar-refractivity contribution in [3.05, 3.63) is 33.8 Å².